The van der Waals surface area contributed by atoms with E-state index in [1.165, 1.54) is 7.11 Å². The van der Waals surface area contributed by atoms with Crippen molar-refractivity contribution < 1.29 is 4.74 Å². The molecule has 0 aliphatic heterocycles. The number of aromatic nitrogens is 5. The highest BCUT2D eigenvalue weighted by atomic mass is 16.5. The highest BCUT2D eigenvalue weighted by molar-refractivity contribution is 5.31. The summed E-state index contributed by atoms with van der Waals surface area (Å²) in [7, 11) is 1.54. The number of rotatable bonds is 6. The number of nitrogens with one attached hydrogen (secondary N) is 1. The molecule has 2 aromatic rings. The smallest absolute Gasteiger partial charge is 0.322 e. The molecule has 2 aromatic heterocycles. The van der Waals surface area contributed by atoms with Crippen LogP contribution in [-0.2, 0) is 6.42 Å². The van der Waals surface area contributed by atoms with Crippen molar-refractivity contribution in [2.24, 2.45) is 0 Å². The second-order valence-electron chi connectivity index (χ2n) is 3.94. The molecule has 0 aromatic carbocycles. The predicted molar refractivity (Wildman–Crippen MR) is 71.7 cm³/mol. The quantitative estimate of drug-likeness (QED) is 0.849. The van der Waals surface area contributed by atoms with E-state index in [0.29, 0.717) is 11.9 Å². The Balaban J connectivity index is 2.42. The lowest BCUT2D eigenvalue weighted by molar-refractivity contribution is 0.378. The number of ether oxygens (including phenoxy) is 1. The van der Waals surface area contributed by atoms with Gasteiger partial charge in [0.1, 0.15) is 5.82 Å². The normalized spacial score (nSPS) is 10.5. The molecule has 0 aliphatic rings. The van der Waals surface area contributed by atoms with E-state index < -0.39 is 0 Å². The number of methoxy groups -OCH3 is 1. The zero-order valence-electron chi connectivity index (χ0n) is 11.4. The number of imidazole rings is 1. The van der Waals surface area contributed by atoms with Crippen molar-refractivity contribution in [1.29, 1.82) is 0 Å². The average molecular weight is 262 g/mol. The molecule has 1 N–H and O–H groups in total. The fourth-order valence-corrected chi connectivity index (χ4v) is 1.71. The third kappa shape index (κ3) is 2.98. The van der Waals surface area contributed by atoms with Crippen LogP contribution in [0.15, 0.2) is 12.4 Å². The van der Waals surface area contributed by atoms with Crippen LogP contribution >= 0.6 is 0 Å². The molecule has 0 radical (unpaired) electrons. The minimum atomic E-state index is 0.289. The van der Waals surface area contributed by atoms with Gasteiger partial charge in [0.15, 0.2) is 0 Å². The van der Waals surface area contributed by atoms with Crippen LogP contribution in [0.1, 0.15) is 26.1 Å². The summed E-state index contributed by atoms with van der Waals surface area (Å²) in [6.45, 7) is 4.82. The van der Waals surface area contributed by atoms with Crippen LogP contribution in [0.5, 0.6) is 6.01 Å². The molecule has 0 spiro atoms. The molecule has 0 bridgehead atoms. The van der Waals surface area contributed by atoms with Crippen LogP contribution < -0.4 is 10.1 Å². The van der Waals surface area contributed by atoms with Gasteiger partial charge in [-0.15, -0.1) is 0 Å². The Labute approximate surface area is 112 Å². The Morgan fingerprint density at radius 1 is 1.26 bits per heavy atom. The molecule has 0 saturated carbocycles. The Bertz CT molecular complexity index is 539. The standard InChI is InChI=1S/C12H18N6O/c1-4-6-9-14-7-8-18(9)11-15-10(13-5-2)16-12(17-11)19-3/h7-8H,4-6H2,1-3H3,(H,13,15,16,17). The van der Waals surface area contributed by atoms with Gasteiger partial charge in [-0.05, 0) is 13.3 Å². The molecular formula is C12H18N6O. The number of aryl methyl sites for hydroxylation is 1. The first-order valence-corrected chi connectivity index (χ1v) is 6.35. The summed E-state index contributed by atoms with van der Waals surface area (Å²) >= 11 is 0. The number of anilines is 1. The third-order valence-electron chi connectivity index (χ3n) is 2.53. The van der Waals surface area contributed by atoms with E-state index in [1.807, 2.05) is 17.7 Å². The molecule has 0 atom stereocenters. The summed E-state index contributed by atoms with van der Waals surface area (Å²) < 4.78 is 6.96. The summed E-state index contributed by atoms with van der Waals surface area (Å²) in [5.41, 5.74) is 0. The molecule has 7 nitrogen and oxygen atoms in total. The second-order valence-corrected chi connectivity index (χ2v) is 3.94. The van der Waals surface area contributed by atoms with E-state index in [2.05, 4.69) is 32.2 Å². The molecule has 0 aliphatic carbocycles. The van der Waals surface area contributed by atoms with Crippen LogP contribution in [0, 0.1) is 0 Å². The van der Waals surface area contributed by atoms with E-state index in [4.69, 9.17) is 4.74 Å². The van der Waals surface area contributed by atoms with Crippen molar-refractivity contribution in [2.45, 2.75) is 26.7 Å². The predicted octanol–water partition coefficient (Wildman–Crippen LogP) is 1.45. The van der Waals surface area contributed by atoms with Crippen molar-refractivity contribution in [2.75, 3.05) is 19.0 Å². The topological polar surface area (TPSA) is 77.8 Å². The lowest BCUT2D eigenvalue weighted by Crippen LogP contribution is -2.11. The van der Waals surface area contributed by atoms with Gasteiger partial charge in [-0.25, -0.2) is 4.98 Å². The van der Waals surface area contributed by atoms with E-state index in [0.717, 1.165) is 25.2 Å². The van der Waals surface area contributed by atoms with Crippen LogP contribution in [0.4, 0.5) is 5.95 Å². The molecular weight excluding hydrogens is 244 g/mol. The summed E-state index contributed by atoms with van der Waals surface area (Å²) in [5.74, 6) is 1.95. The highest BCUT2D eigenvalue weighted by Gasteiger charge is 2.11. The second kappa shape index (κ2) is 6.12. The molecule has 7 heteroatoms. The molecule has 2 rings (SSSR count). The molecule has 102 valence electrons. The number of nitrogens with zero attached hydrogens (tertiary/aromatic N) is 5. The number of hydrogen-bond acceptors (Lipinski definition) is 6. The Kier molecular flexibility index (Phi) is 4.27. The summed E-state index contributed by atoms with van der Waals surface area (Å²) in [6, 6.07) is 0.289. The maximum absolute atomic E-state index is 5.10. The van der Waals surface area contributed by atoms with Crippen LogP contribution in [-0.4, -0.2) is 38.2 Å². The van der Waals surface area contributed by atoms with Gasteiger partial charge in [0.2, 0.25) is 11.9 Å². The maximum Gasteiger partial charge on any atom is 0.322 e. The zero-order valence-corrected chi connectivity index (χ0v) is 11.4. The molecule has 0 saturated heterocycles. The fourth-order valence-electron chi connectivity index (χ4n) is 1.71. The van der Waals surface area contributed by atoms with Gasteiger partial charge in [0, 0.05) is 25.4 Å². The fraction of sp³-hybridized carbons (Fsp3) is 0.500. The zero-order chi connectivity index (χ0) is 13.7. The molecule has 19 heavy (non-hydrogen) atoms. The van der Waals surface area contributed by atoms with Crippen LogP contribution in [0.3, 0.4) is 0 Å². The first-order chi connectivity index (χ1) is 9.28. The Morgan fingerprint density at radius 3 is 2.79 bits per heavy atom. The van der Waals surface area contributed by atoms with Crippen molar-refractivity contribution in [3.63, 3.8) is 0 Å². The largest absolute Gasteiger partial charge is 0.467 e. The van der Waals surface area contributed by atoms with Gasteiger partial charge in [-0.3, -0.25) is 4.57 Å². The van der Waals surface area contributed by atoms with Crippen molar-refractivity contribution >= 4 is 5.95 Å². The van der Waals surface area contributed by atoms with Crippen molar-refractivity contribution in [1.82, 2.24) is 24.5 Å². The monoisotopic (exact) mass is 262 g/mol. The van der Waals surface area contributed by atoms with E-state index in [1.54, 1.807) is 6.20 Å². The van der Waals surface area contributed by atoms with Gasteiger partial charge < -0.3 is 10.1 Å². The maximum atomic E-state index is 5.10. The number of hydrogen-bond donors (Lipinski definition) is 1. The lowest BCUT2D eigenvalue weighted by atomic mass is 10.3. The van der Waals surface area contributed by atoms with Crippen molar-refractivity contribution in [3.8, 4) is 12.0 Å². The minimum absolute atomic E-state index is 0.289. The molecule has 2 heterocycles. The van der Waals surface area contributed by atoms with Gasteiger partial charge in [0.05, 0.1) is 7.11 Å². The average Bonchev–Trinajstić information content (AvgIpc) is 2.87. The summed E-state index contributed by atoms with van der Waals surface area (Å²) in [6.07, 6.45) is 5.47. The minimum Gasteiger partial charge on any atom is -0.467 e. The molecule has 0 amide bonds. The van der Waals surface area contributed by atoms with Gasteiger partial charge in [0.25, 0.3) is 0 Å². The van der Waals surface area contributed by atoms with Gasteiger partial charge >= 0.3 is 6.01 Å². The Hall–Kier alpha value is -2.18. The van der Waals surface area contributed by atoms with Crippen LogP contribution in [0.25, 0.3) is 5.95 Å². The Morgan fingerprint density at radius 2 is 2.11 bits per heavy atom. The van der Waals surface area contributed by atoms with E-state index >= 15 is 0 Å². The van der Waals surface area contributed by atoms with Gasteiger partial charge in [-0.2, -0.15) is 15.0 Å². The van der Waals surface area contributed by atoms with Crippen LogP contribution in [0.2, 0.25) is 0 Å². The van der Waals surface area contributed by atoms with Gasteiger partial charge in [-0.1, -0.05) is 6.92 Å². The first-order valence-electron chi connectivity index (χ1n) is 6.35. The SMILES string of the molecule is CCCc1nccn1-c1nc(NCC)nc(OC)n1. The molecule has 0 unspecified atom stereocenters. The highest BCUT2D eigenvalue weighted by Crippen LogP contribution is 2.13. The summed E-state index contributed by atoms with van der Waals surface area (Å²) in [4.78, 5) is 17.1. The lowest BCUT2D eigenvalue weighted by Gasteiger charge is -2.09. The molecule has 0 fully saturated rings. The first kappa shape index (κ1) is 13.3. The third-order valence-corrected chi connectivity index (χ3v) is 2.53. The van der Waals surface area contributed by atoms with E-state index in [-0.39, 0.29) is 6.01 Å². The van der Waals surface area contributed by atoms with Crippen molar-refractivity contribution in [3.05, 3.63) is 18.2 Å². The summed E-state index contributed by atoms with van der Waals surface area (Å²) in [5, 5.41) is 3.06. The van der Waals surface area contributed by atoms with E-state index in [9.17, 15) is 0 Å².